The molecule has 0 aliphatic heterocycles. The lowest BCUT2D eigenvalue weighted by molar-refractivity contribution is 0.513. The van der Waals surface area contributed by atoms with E-state index in [-0.39, 0.29) is 0 Å². The molecule has 1 atom stereocenters. The maximum Gasteiger partial charge on any atom is 0.115 e. The van der Waals surface area contributed by atoms with Crippen molar-refractivity contribution in [2.45, 2.75) is 25.2 Å². The highest BCUT2D eigenvalue weighted by Gasteiger charge is 2.20. The number of rotatable bonds is 2. The van der Waals surface area contributed by atoms with Crippen LogP contribution in [0.25, 0.3) is 0 Å². The van der Waals surface area contributed by atoms with Gasteiger partial charge in [0.1, 0.15) is 6.33 Å². The van der Waals surface area contributed by atoms with E-state index in [1.54, 1.807) is 6.33 Å². The number of fused-ring (bicyclic) bond motifs is 1. The molecular weight excluding hydrogens is 162 g/mol. The van der Waals surface area contributed by atoms with Crippen LogP contribution in [-0.4, -0.2) is 23.6 Å². The second-order valence-electron chi connectivity index (χ2n) is 3.58. The van der Waals surface area contributed by atoms with E-state index in [0.717, 1.165) is 13.0 Å². The Labute approximate surface area is 78.6 Å². The Morgan fingerprint density at radius 1 is 1.62 bits per heavy atom. The first-order valence-corrected chi connectivity index (χ1v) is 4.85. The van der Waals surface area contributed by atoms with Crippen LogP contribution >= 0.6 is 0 Å². The van der Waals surface area contributed by atoms with Crippen LogP contribution in [0.5, 0.6) is 0 Å². The maximum absolute atomic E-state index is 4.37. The van der Waals surface area contributed by atoms with Crippen molar-refractivity contribution >= 4 is 0 Å². The summed E-state index contributed by atoms with van der Waals surface area (Å²) in [6, 6.07) is 0. The predicted molar refractivity (Wildman–Crippen MR) is 51.6 cm³/mol. The standard InChI is InChI=1S/C10H15N3/c1-11-5-8-3-2-4-9-6-12-7-13-10(8)9/h6-8,11H,2-5H2,1H3. The van der Waals surface area contributed by atoms with Gasteiger partial charge in [0.05, 0.1) is 5.69 Å². The predicted octanol–water partition coefficient (Wildman–Crippen LogP) is 1.12. The highest BCUT2D eigenvalue weighted by Crippen LogP contribution is 2.28. The van der Waals surface area contributed by atoms with E-state index in [0.29, 0.717) is 5.92 Å². The molecule has 0 bridgehead atoms. The molecule has 3 heteroatoms. The minimum absolute atomic E-state index is 0.594. The van der Waals surface area contributed by atoms with Gasteiger partial charge in [0.15, 0.2) is 0 Å². The third-order valence-electron chi connectivity index (χ3n) is 2.66. The highest BCUT2D eigenvalue weighted by molar-refractivity contribution is 5.23. The lowest BCUT2D eigenvalue weighted by atomic mass is 9.87. The molecule has 0 fully saturated rings. The summed E-state index contributed by atoms with van der Waals surface area (Å²) in [5.74, 6) is 0.594. The van der Waals surface area contributed by atoms with Crippen molar-refractivity contribution < 1.29 is 0 Å². The monoisotopic (exact) mass is 177 g/mol. The van der Waals surface area contributed by atoms with Crippen LogP contribution in [0.2, 0.25) is 0 Å². The number of aryl methyl sites for hydroxylation is 1. The Balaban J connectivity index is 2.26. The number of hydrogen-bond donors (Lipinski definition) is 1. The third-order valence-corrected chi connectivity index (χ3v) is 2.66. The average Bonchev–Trinajstić information content (AvgIpc) is 2.19. The highest BCUT2D eigenvalue weighted by atomic mass is 14.9. The lowest BCUT2D eigenvalue weighted by Crippen LogP contribution is -2.22. The van der Waals surface area contributed by atoms with Crippen LogP contribution in [0.1, 0.15) is 30.0 Å². The van der Waals surface area contributed by atoms with E-state index in [2.05, 4.69) is 15.3 Å². The van der Waals surface area contributed by atoms with Gasteiger partial charge in [-0.2, -0.15) is 0 Å². The van der Waals surface area contributed by atoms with Crippen LogP contribution in [0.15, 0.2) is 12.5 Å². The van der Waals surface area contributed by atoms with E-state index in [4.69, 9.17) is 0 Å². The zero-order valence-electron chi connectivity index (χ0n) is 7.95. The molecule has 0 spiro atoms. The Hall–Kier alpha value is -0.960. The molecular formula is C10H15N3. The summed E-state index contributed by atoms with van der Waals surface area (Å²) in [4.78, 5) is 8.43. The smallest absolute Gasteiger partial charge is 0.115 e. The van der Waals surface area contributed by atoms with E-state index < -0.39 is 0 Å². The molecule has 0 amide bonds. The minimum Gasteiger partial charge on any atom is -0.319 e. The van der Waals surface area contributed by atoms with Gasteiger partial charge in [-0.15, -0.1) is 0 Å². The first-order valence-electron chi connectivity index (χ1n) is 4.85. The van der Waals surface area contributed by atoms with Crippen LogP contribution in [0.4, 0.5) is 0 Å². The molecule has 0 saturated carbocycles. The Bertz CT molecular complexity index is 285. The molecule has 0 saturated heterocycles. The van der Waals surface area contributed by atoms with Crippen molar-refractivity contribution in [2.24, 2.45) is 0 Å². The van der Waals surface area contributed by atoms with Gasteiger partial charge in [-0.1, -0.05) is 0 Å². The van der Waals surface area contributed by atoms with Crippen LogP contribution in [-0.2, 0) is 6.42 Å². The van der Waals surface area contributed by atoms with Crippen molar-refractivity contribution in [3.05, 3.63) is 23.8 Å². The number of nitrogens with zero attached hydrogens (tertiary/aromatic N) is 2. The second kappa shape index (κ2) is 3.83. The summed E-state index contributed by atoms with van der Waals surface area (Å²) >= 11 is 0. The van der Waals surface area contributed by atoms with Crippen LogP contribution in [0, 0.1) is 0 Å². The summed E-state index contributed by atoms with van der Waals surface area (Å²) < 4.78 is 0. The summed E-state index contributed by atoms with van der Waals surface area (Å²) in [6.07, 6.45) is 7.30. The minimum atomic E-state index is 0.594. The summed E-state index contributed by atoms with van der Waals surface area (Å²) in [6.45, 7) is 1.03. The van der Waals surface area contributed by atoms with Crippen LogP contribution in [0.3, 0.4) is 0 Å². The van der Waals surface area contributed by atoms with Gasteiger partial charge in [0, 0.05) is 18.7 Å². The van der Waals surface area contributed by atoms with Gasteiger partial charge in [-0.05, 0) is 31.9 Å². The van der Waals surface area contributed by atoms with E-state index in [1.165, 1.54) is 24.1 Å². The molecule has 0 aromatic carbocycles. The zero-order valence-corrected chi connectivity index (χ0v) is 7.95. The van der Waals surface area contributed by atoms with E-state index >= 15 is 0 Å². The summed E-state index contributed by atoms with van der Waals surface area (Å²) in [5, 5.41) is 3.22. The fraction of sp³-hybridized carbons (Fsp3) is 0.600. The third kappa shape index (κ3) is 1.70. The molecule has 13 heavy (non-hydrogen) atoms. The second-order valence-corrected chi connectivity index (χ2v) is 3.58. The summed E-state index contributed by atoms with van der Waals surface area (Å²) in [7, 11) is 2.00. The van der Waals surface area contributed by atoms with Gasteiger partial charge in [-0.3, -0.25) is 0 Å². The Morgan fingerprint density at radius 2 is 2.54 bits per heavy atom. The van der Waals surface area contributed by atoms with Gasteiger partial charge in [0.25, 0.3) is 0 Å². The largest absolute Gasteiger partial charge is 0.319 e. The molecule has 1 N–H and O–H groups in total. The molecule has 70 valence electrons. The average molecular weight is 177 g/mol. The molecule has 2 rings (SSSR count). The molecule has 1 aromatic heterocycles. The van der Waals surface area contributed by atoms with Crippen molar-refractivity contribution in [1.29, 1.82) is 0 Å². The first kappa shape index (κ1) is 8.63. The zero-order chi connectivity index (χ0) is 9.10. The lowest BCUT2D eigenvalue weighted by Gasteiger charge is -2.23. The molecule has 0 radical (unpaired) electrons. The molecule has 1 aliphatic carbocycles. The molecule has 1 aromatic rings. The maximum atomic E-state index is 4.37. The van der Waals surface area contributed by atoms with E-state index in [9.17, 15) is 0 Å². The van der Waals surface area contributed by atoms with Crippen molar-refractivity contribution in [2.75, 3.05) is 13.6 Å². The topological polar surface area (TPSA) is 37.8 Å². The quantitative estimate of drug-likeness (QED) is 0.735. The molecule has 3 nitrogen and oxygen atoms in total. The van der Waals surface area contributed by atoms with Gasteiger partial charge in [-0.25, -0.2) is 9.97 Å². The van der Waals surface area contributed by atoms with Gasteiger partial charge >= 0.3 is 0 Å². The molecule has 1 heterocycles. The number of aromatic nitrogens is 2. The van der Waals surface area contributed by atoms with Gasteiger partial charge < -0.3 is 5.32 Å². The number of likely N-dealkylation sites (N-methyl/N-ethyl adjacent to an activating group) is 1. The van der Waals surface area contributed by atoms with Crippen molar-refractivity contribution in [3.8, 4) is 0 Å². The fourth-order valence-corrected chi connectivity index (χ4v) is 2.05. The number of nitrogens with one attached hydrogen (secondary N) is 1. The van der Waals surface area contributed by atoms with E-state index in [1.807, 2.05) is 13.2 Å². The SMILES string of the molecule is CNCC1CCCc2cncnc21. The molecule has 1 aliphatic rings. The molecule has 1 unspecified atom stereocenters. The first-order chi connectivity index (χ1) is 6.42. The van der Waals surface area contributed by atoms with Crippen molar-refractivity contribution in [1.82, 2.24) is 15.3 Å². The van der Waals surface area contributed by atoms with Crippen LogP contribution < -0.4 is 5.32 Å². The fourth-order valence-electron chi connectivity index (χ4n) is 2.05. The number of hydrogen-bond acceptors (Lipinski definition) is 3. The van der Waals surface area contributed by atoms with Gasteiger partial charge in [0.2, 0.25) is 0 Å². The Morgan fingerprint density at radius 3 is 3.38 bits per heavy atom. The Kier molecular flexibility index (Phi) is 2.54. The van der Waals surface area contributed by atoms with Crippen molar-refractivity contribution in [3.63, 3.8) is 0 Å². The summed E-state index contributed by atoms with van der Waals surface area (Å²) in [5.41, 5.74) is 2.60. The normalized spacial score (nSPS) is 21.2.